The number of likely N-dealkylation sites (tertiary alicyclic amines) is 1. The van der Waals surface area contributed by atoms with Crippen molar-refractivity contribution < 1.29 is 13.9 Å². The summed E-state index contributed by atoms with van der Waals surface area (Å²) in [6.45, 7) is 5.41. The third-order valence-electron chi connectivity index (χ3n) is 7.67. The van der Waals surface area contributed by atoms with Crippen molar-refractivity contribution in [3.63, 3.8) is 0 Å². The number of hydrogen-bond acceptors (Lipinski definition) is 6. The molecule has 3 aromatic heterocycles. The Hall–Kier alpha value is -4.40. The van der Waals surface area contributed by atoms with Crippen molar-refractivity contribution in [2.45, 2.75) is 44.9 Å². The maximum Gasteiger partial charge on any atom is 0.222 e. The minimum Gasteiger partial charge on any atom is -0.481 e. The number of rotatable bonds is 11. The van der Waals surface area contributed by atoms with E-state index in [1.165, 1.54) is 12.3 Å². The van der Waals surface area contributed by atoms with E-state index in [0.29, 0.717) is 42.6 Å². The standard InChI is InChI=1S/C32H35FN6O2/c1-3-22-7-10-24(11-8-22)31-27(37-32(38-31)28-14-12-25(33)20-34-28)5-4-6-30(40)39-17-15-23(16-18-39)9-13-26-19-29(41-2)36-21-35-26/h3,7-8,10-12,14,19-21,23H,1,4-6,9,13,15-18H2,2H3,(H,37,38). The zero-order valence-electron chi connectivity index (χ0n) is 23.4. The number of imidazole rings is 1. The van der Waals surface area contributed by atoms with Crippen LogP contribution in [0.5, 0.6) is 5.88 Å². The molecule has 4 heterocycles. The Bertz CT molecular complexity index is 1460. The summed E-state index contributed by atoms with van der Waals surface area (Å²) in [7, 11) is 1.61. The van der Waals surface area contributed by atoms with Gasteiger partial charge in [-0.1, -0.05) is 36.9 Å². The molecule has 41 heavy (non-hydrogen) atoms. The molecule has 8 nitrogen and oxygen atoms in total. The van der Waals surface area contributed by atoms with E-state index in [2.05, 4.69) is 26.5 Å². The number of amides is 1. The lowest BCUT2D eigenvalue weighted by Gasteiger charge is -2.32. The summed E-state index contributed by atoms with van der Waals surface area (Å²) in [5.41, 5.74) is 5.29. The van der Waals surface area contributed by atoms with E-state index in [0.717, 1.165) is 67.0 Å². The first-order chi connectivity index (χ1) is 20.0. The van der Waals surface area contributed by atoms with Crippen LogP contribution in [-0.4, -0.2) is 55.9 Å². The van der Waals surface area contributed by atoms with Crippen LogP contribution in [0.1, 0.15) is 49.1 Å². The molecule has 0 aliphatic carbocycles. The second-order valence-electron chi connectivity index (χ2n) is 10.4. The molecule has 0 atom stereocenters. The molecule has 1 aliphatic rings. The molecule has 9 heteroatoms. The second-order valence-corrected chi connectivity index (χ2v) is 10.4. The first-order valence-electron chi connectivity index (χ1n) is 14.1. The van der Waals surface area contributed by atoms with Gasteiger partial charge in [0.2, 0.25) is 11.8 Å². The Labute approximate surface area is 239 Å². The van der Waals surface area contributed by atoms with Gasteiger partial charge in [0.05, 0.1) is 19.0 Å². The van der Waals surface area contributed by atoms with E-state index in [1.807, 2.05) is 35.2 Å². The number of aromatic amines is 1. The first-order valence-corrected chi connectivity index (χ1v) is 14.1. The fourth-order valence-electron chi connectivity index (χ4n) is 5.27. The molecule has 1 fully saturated rings. The Balaban J connectivity index is 1.16. The van der Waals surface area contributed by atoms with E-state index >= 15 is 0 Å². The minimum atomic E-state index is -0.394. The quantitative estimate of drug-likeness (QED) is 0.247. The fourth-order valence-corrected chi connectivity index (χ4v) is 5.27. The zero-order chi connectivity index (χ0) is 28.6. The number of ether oxygens (including phenoxy) is 1. The lowest BCUT2D eigenvalue weighted by molar-refractivity contribution is -0.132. The van der Waals surface area contributed by atoms with E-state index in [1.54, 1.807) is 25.6 Å². The lowest BCUT2D eigenvalue weighted by Crippen LogP contribution is -2.38. The molecule has 0 bridgehead atoms. The molecule has 0 unspecified atom stereocenters. The van der Waals surface area contributed by atoms with Gasteiger partial charge in [-0.2, -0.15) is 0 Å². The minimum absolute atomic E-state index is 0.195. The van der Waals surface area contributed by atoms with Crippen molar-refractivity contribution in [2.75, 3.05) is 20.2 Å². The topological polar surface area (TPSA) is 96.9 Å². The number of nitrogens with one attached hydrogen (secondary N) is 1. The van der Waals surface area contributed by atoms with Crippen LogP contribution in [0.25, 0.3) is 28.9 Å². The van der Waals surface area contributed by atoms with E-state index < -0.39 is 5.82 Å². The number of hydrogen-bond donors (Lipinski definition) is 1. The monoisotopic (exact) mass is 554 g/mol. The number of carbonyl (C=O) groups excluding carboxylic acids is 1. The predicted molar refractivity (Wildman–Crippen MR) is 156 cm³/mol. The Kier molecular flexibility index (Phi) is 9.13. The number of piperidine rings is 1. The van der Waals surface area contributed by atoms with Crippen LogP contribution in [0.4, 0.5) is 4.39 Å². The summed E-state index contributed by atoms with van der Waals surface area (Å²) in [6, 6.07) is 12.9. The number of methoxy groups -OCH3 is 1. The maximum atomic E-state index is 13.4. The molecule has 1 aliphatic heterocycles. The summed E-state index contributed by atoms with van der Waals surface area (Å²) in [5, 5.41) is 0. The summed E-state index contributed by atoms with van der Waals surface area (Å²) in [4.78, 5) is 35.8. The van der Waals surface area contributed by atoms with Crippen molar-refractivity contribution in [1.82, 2.24) is 29.8 Å². The number of benzene rings is 1. The lowest BCUT2D eigenvalue weighted by atomic mass is 9.91. The number of pyridine rings is 1. The van der Waals surface area contributed by atoms with Crippen molar-refractivity contribution in [3.05, 3.63) is 84.3 Å². The van der Waals surface area contributed by atoms with E-state index in [-0.39, 0.29) is 5.91 Å². The van der Waals surface area contributed by atoms with Crippen LogP contribution >= 0.6 is 0 Å². The fraction of sp³-hybridized carbons (Fsp3) is 0.344. The number of aromatic nitrogens is 5. The van der Waals surface area contributed by atoms with Gasteiger partial charge in [0.25, 0.3) is 0 Å². The predicted octanol–water partition coefficient (Wildman–Crippen LogP) is 5.91. The van der Waals surface area contributed by atoms with Crippen molar-refractivity contribution >= 4 is 12.0 Å². The van der Waals surface area contributed by atoms with Gasteiger partial charge in [-0.05, 0) is 62.1 Å². The molecule has 4 aromatic rings. The van der Waals surface area contributed by atoms with Gasteiger partial charge >= 0.3 is 0 Å². The van der Waals surface area contributed by atoms with Gasteiger partial charge in [0, 0.05) is 42.5 Å². The van der Waals surface area contributed by atoms with Gasteiger partial charge < -0.3 is 14.6 Å². The van der Waals surface area contributed by atoms with Crippen LogP contribution in [0.15, 0.2) is 61.6 Å². The highest BCUT2D eigenvalue weighted by Gasteiger charge is 2.23. The average Bonchev–Trinajstić information content (AvgIpc) is 3.44. The number of nitrogens with zero attached hydrogens (tertiary/aromatic N) is 5. The summed E-state index contributed by atoms with van der Waals surface area (Å²) < 4.78 is 18.6. The second kappa shape index (κ2) is 13.3. The molecule has 0 spiro atoms. The summed E-state index contributed by atoms with van der Waals surface area (Å²) in [6.07, 6.45) is 10.3. The molecule has 1 N–H and O–H groups in total. The number of H-pyrrole nitrogens is 1. The molecular weight excluding hydrogens is 519 g/mol. The highest BCUT2D eigenvalue weighted by molar-refractivity contribution is 5.76. The summed E-state index contributed by atoms with van der Waals surface area (Å²) >= 11 is 0. The average molecular weight is 555 g/mol. The van der Waals surface area contributed by atoms with Crippen LogP contribution in [0, 0.1) is 11.7 Å². The molecule has 5 rings (SSSR count). The van der Waals surface area contributed by atoms with Gasteiger partial charge in [0.15, 0.2) is 5.82 Å². The molecular formula is C32H35FN6O2. The van der Waals surface area contributed by atoms with Crippen LogP contribution < -0.4 is 4.74 Å². The smallest absolute Gasteiger partial charge is 0.222 e. The van der Waals surface area contributed by atoms with Crippen LogP contribution in [-0.2, 0) is 17.6 Å². The molecule has 1 aromatic carbocycles. The first kappa shape index (κ1) is 28.1. The number of carbonyl (C=O) groups is 1. The van der Waals surface area contributed by atoms with E-state index in [4.69, 9.17) is 9.72 Å². The van der Waals surface area contributed by atoms with E-state index in [9.17, 15) is 9.18 Å². The third kappa shape index (κ3) is 7.22. The largest absolute Gasteiger partial charge is 0.481 e. The van der Waals surface area contributed by atoms with Gasteiger partial charge in [-0.25, -0.2) is 24.3 Å². The summed E-state index contributed by atoms with van der Waals surface area (Å²) in [5.74, 6) is 1.55. The highest BCUT2D eigenvalue weighted by Crippen LogP contribution is 2.28. The Morgan fingerprint density at radius 1 is 1.12 bits per heavy atom. The molecule has 1 amide bonds. The van der Waals surface area contributed by atoms with Crippen molar-refractivity contribution in [3.8, 4) is 28.7 Å². The highest BCUT2D eigenvalue weighted by atomic mass is 19.1. The molecule has 212 valence electrons. The van der Waals surface area contributed by atoms with Crippen LogP contribution in [0.3, 0.4) is 0 Å². The van der Waals surface area contributed by atoms with Crippen LogP contribution in [0.2, 0.25) is 0 Å². The molecule has 0 radical (unpaired) electrons. The number of aryl methyl sites for hydroxylation is 2. The molecule has 1 saturated heterocycles. The Morgan fingerprint density at radius 2 is 1.93 bits per heavy atom. The van der Waals surface area contributed by atoms with Gasteiger partial charge in [0.1, 0.15) is 17.8 Å². The zero-order valence-corrected chi connectivity index (χ0v) is 23.4. The van der Waals surface area contributed by atoms with Gasteiger partial charge in [-0.3, -0.25) is 4.79 Å². The van der Waals surface area contributed by atoms with Gasteiger partial charge in [-0.15, -0.1) is 0 Å². The number of halogens is 1. The van der Waals surface area contributed by atoms with Crippen molar-refractivity contribution in [2.24, 2.45) is 5.92 Å². The molecule has 0 saturated carbocycles. The normalized spacial score (nSPS) is 13.8. The van der Waals surface area contributed by atoms with Crippen molar-refractivity contribution in [1.29, 1.82) is 0 Å². The third-order valence-corrected chi connectivity index (χ3v) is 7.67. The Morgan fingerprint density at radius 3 is 2.63 bits per heavy atom. The SMILES string of the molecule is C=Cc1ccc(-c2nc(-c3ccc(F)cn3)[nH]c2CCCC(=O)N2CCC(CCc3cc(OC)ncn3)CC2)cc1. The maximum absolute atomic E-state index is 13.4.